The van der Waals surface area contributed by atoms with Gasteiger partial charge in [-0.3, -0.25) is 9.59 Å². The second-order valence-electron chi connectivity index (χ2n) is 4.81. The number of hydrogen-bond donors (Lipinski definition) is 1. The van der Waals surface area contributed by atoms with E-state index in [9.17, 15) is 9.59 Å². The SMILES string of the molecule is NC(=O)CCN(Cc1ccccc1)C(=O)C=Cc1cccs1. The molecule has 0 bridgehead atoms. The van der Waals surface area contributed by atoms with Gasteiger partial charge in [0.15, 0.2) is 0 Å². The van der Waals surface area contributed by atoms with Gasteiger partial charge in [-0.1, -0.05) is 36.4 Å². The van der Waals surface area contributed by atoms with Crippen molar-refractivity contribution in [2.24, 2.45) is 5.73 Å². The number of benzene rings is 1. The largest absolute Gasteiger partial charge is 0.370 e. The van der Waals surface area contributed by atoms with Crippen molar-refractivity contribution in [1.82, 2.24) is 4.90 Å². The van der Waals surface area contributed by atoms with Crippen LogP contribution in [0, 0.1) is 0 Å². The van der Waals surface area contributed by atoms with E-state index in [2.05, 4.69) is 0 Å². The Balaban J connectivity index is 2.05. The highest BCUT2D eigenvalue weighted by Gasteiger charge is 2.12. The third kappa shape index (κ3) is 5.18. The van der Waals surface area contributed by atoms with Crippen LogP contribution >= 0.6 is 11.3 Å². The Morgan fingerprint density at radius 1 is 1.14 bits per heavy atom. The zero-order chi connectivity index (χ0) is 15.8. The van der Waals surface area contributed by atoms with Crippen LogP contribution < -0.4 is 5.73 Å². The number of nitrogens with zero attached hydrogens (tertiary/aromatic N) is 1. The zero-order valence-corrected chi connectivity index (χ0v) is 13.0. The van der Waals surface area contributed by atoms with Gasteiger partial charge in [0.25, 0.3) is 0 Å². The van der Waals surface area contributed by atoms with Crippen molar-refractivity contribution in [1.29, 1.82) is 0 Å². The first-order valence-electron chi connectivity index (χ1n) is 6.98. The molecule has 4 nitrogen and oxygen atoms in total. The fraction of sp³-hybridized carbons (Fsp3) is 0.176. The van der Waals surface area contributed by atoms with Crippen LogP contribution in [0.4, 0.5) is 0 Å². The van der Waals surface area contributed by atoms with Gasteiger partial charge in [0, 0.05) is 30.5 Å². The summed E-state index contributed by atoms with van der Waals surface area (Å²) in [7, 11) is 0. The predicted octanol–water partition coefficient (Wildman–Crippen LogP) is 2.67. The summed E-state index contributed by atoms with van der Waals surface area (Å²) in [6.45, 7) is 0.777. The second-order valence-corrected chi connectivity index (χ2v) is 5.79. The van der Waals surface area contributed by atoms with Gasteiger partial charge >= 0.3 is 0 Å². The van der Waals surface area contributed by atoms with Gasteiger partial charge < -0.3 is 10.6 Å². The van der Waals surface area contributed by atoms with Gasteiger partial charge in [-0.25, -0.2) is 0 Å². The van der Waals surface area contributed by atoms with Crippen molar-refractivity contribution < 1.29 is 9.59 Å². The summed E-state index contributed by atoms with van der Waals surface area (Å²) >= 11 is 1.57. The fourth-order valence-electron chi connectivity index (χ4n) is 1.96. The van der Waals surface area contributed by atoms with E-state index in [1.54, 1.807) is 22.3 Å². The van der Waals surface area contributed by atoms with E-state index in [0.29, 0.717) is 13.1 Å². The van der Waals surface area contributed by atoms with Crippen molar-refractivity contribution in [2.75, 3.05) is 6.54 Å². The summed E-state index contributed by atoms with van der Waals surface area (Å²) in [5.41, 5.74) is 6.21. The normalized spacial score (nSPS) is 10.7. The lowest BCUT2D eigenvalue weighted by atomic mass is 10.2. The average molecular weight is 314 g/mol. The topological polar surface area (TPSA) is 63.4 Å². The van der Waals surface area contributed by atoms with Gasteiger partial charge in [0.05, 0.1) is 0 Å². The highest BCUT2D eigenvalue weighted by molar-refractivity contribution is 7.10. The Bertz CT molecular complexity index is 636. The van der Waals surface area contributed by atoms with Crippen LogP contribution in [0.15, 0.2) is 53.9 Å². The van der Waals surface area contributed by atoms with E-state index in [-0.39, 0.29) is 12.3 Å². The minimum Gasteiger partial charge on any atom is -0.370 e. The molecule has 5 heteroatoms. The molecule has 2 rings (SSSR count). The standard InChI is InChI=1S/C17H18N2O2S/c18-16(20)10-11-19(13-14-5-2-1-3-6-14)17(21)9-8-15-7-4-12-22-15/h1-9,12H,10-11,13H2,(H2,18,20). The van der Waals surface area contributed by atoms with E-state index in [4.69, 9.17) is 5.73 Å². The van der Waals surface area contributed by atoms with Crippen LogP contribution in [0.2, 0.25) is 0 Å². The number of carbonyl (C=O) groups is 2. The second kappa shape index (κ2) is 8.14. The number of hydrogen-bond acceptors (Lipinski definition) is 3. The van der Waals surface area contributed by atoms with Crippen molar-refractivity contribution in [3.05, 3.63) is 64.4 Å². The number of thiophene rings is 1. The molecule has 1 aromatic heterocycles. The van der Waals surface area contributed by atoms with Crippen molar-refractivity contribution in [3.8, 4) is 0 Å². The minimum atomic E-state index is -0.409. The van der Waals surface area contributed by atoms with E-state index in [0.717, 1.165) is 10.4 Å². The van der Waals surface area contributed by atoms with Gasteiger partial charge in [-0.2, -0.15) is 0 Å². The van der Waals surface area contributed by atoms with Crippen LogP contribution in [-0.2, 0) is 16.1 Å². The molecule has 0 aliphatic rings. The van der Waals surface area contributed by atoms with Crippen LogP contribution in [0.3, 0.4) is 0 Å². The molecule has 2 aromatic rings. The molecule has 0 aliphatic carbocycles. The van der Waals surface area contributed by atoms with E-state index in [1.807, 2.05) is 47.8 Å². The van der Waals surface area contributed by atoms with Crippen LogP contribution in [0.25, 0.3) is 6.08 Å². The molecule has 1 heterocycles. The number of amides is 2. The van der Waals surface area contributed by atoms with E-state index in [1.165, 1.54) is 6.08 Å². The summed E-state index contributed by atoms with van der Waals surface area (Å²) in [5.74, 6) is -0.536. The molecule has 0 atom stereocenters. The highest BCUT2D eigenvalue weighted by Crippen LogP contribution is 2.11. The molecule has 0 aliphatic heterocycles. The van der Waals surface area contributed by atoms with Gasteiger partial charge in [0.1, 0.15) is 0 Å². The van der Waals surface area contributed by atoms with Gasteiger partial charge in [-0.15, -0.1) is 11.3 Å². The molecule has 0 radical (unpaired) electrons. The third-order valence-electron chi connectivity index (χ3n) is 3.09. The zero-order valence-electron chi connectivity index (χ0n) is 12.1. The fourth-order valence-corrected chi connectivity index (χ4v) is 2.58. The molecule has 114 valence electrons. The first-order valence-corrected chi connectivity index (χ1v) is 7.86. The molecule has 0 spiro atoms. The smallest absolute Gasteiger partial charge is 0.246 e. The summed E-state index contributed by atoms with van der Waals surface area (Å²) in [6.07, 6.45) is 3.48. The molecule has 2 amide bonds. The Hall–Kier alpha value is -2.40. The Morgan fingerprint density at radius 2 is 1.91 bits per heavy atom. The molecule has 22 heavy (non-hydrogen) atoms. The Morgan fingerprint density at radius 3 is 2.55 bits per heavy atom. The van der Waals surface area contributed by atoms with Crippen LogP contribution in [0.5, 0.6) is 0 Å². The first kappa shape index (κ1) is 16.0. The van der Waals surface area contributed by atoms with E-state index >= 15 is 0 Å². The summed E-state index contributed by atoms with van der Waals surface area (Å²) in [4.78, 5) is 26.0. The van der Waals surface area contributed by atoms with Crippen molar-refractivity contribution >= 4 is 29.2 Å². The maximum Gasteiger partial charge on any atom is 0.246 e. The molecular formula is C17H18N2O2S. The van der Waals surface area contributed by atoms with Gasteiger partial charge in [-0.05, 0) is 23.1 Å². The third-order valence-corrected chi connectivity index (χ3v) is 3.93. The van der Waals surface area contributed by atoms with E-state index < -0.39 is 5.91 Å². The van der Waals surface area contributed by atoms with Crippen molar-refractivity contribution in [3.63, 3.8) is 0 Å². The number of rotatable bonds is 7. The molecule has 2 N–H and O–H groups in total. The maximum absolute atomic E-state index is 12.3. The first-order chi connectivity index (χ1) is 10.6. The maximum atomic E-state index is 12.3. The van der Waals surface area contributed by atoms with Crippen LogP contribution in [-0.4, -0.2) is 23.3 Å². The number of primary amides is 1. The Labute approximate surface area is 133 Å². The monoisotopic (exact) mass is 314 g/mol. The predicted molar refractivity (Wildman–Crippen MR) is 89.0 cm³/mol. The summed E-state index contributed by atoms with van der Waals surface area (Å²) < 4.78 is 0. The molecule has 0 saturated heterocycles. The lowest BCUT2D eigenvalue weighted by Crippen LogP contribution is -2.32. The molecule has 0 saturated carbocycles. The summed E-state index contributed by atoms with van der Waals surface area (Å²) in [6, 6.07) is 13.6. The Kier molecular flexibility index (Phi) is 5.91. The van der Waals surface area contributed by atoms with Crippen LogP contribution in [0.1, 0.15) is 16.9 Å². The lowest BCUT2D eigenvalue weighted by molar-refractivity contribution is -0.127. The molecule has 0 unspecified atom stereocenters. The highest BCUT2D eigenvalue weighted by atomic mass is 32.1. The van der Waals surface area contributed by atoms with Crippen molar-refractivity contribution in [2.45, 2.75) is 13.0 Å². The average Bonchev–Trinajstić information content (AvgIpc) is 3.03. The molecule has 1 aromatic carbocycles. The molecular weight excluding hydrogens is 296 g/mol. The van der Waals surface area contributed by atoms with Gasteiger partial charge in [0.2, 0.25) is 11.8 Å². The quantitative estimate of drug-likeness (QED) is 0.799. The summed E-state index contributed by atoms with van der Waals surface area (Å²) in [5, 5.41) is 1.96. The molecule has 0 fully saturated rings. The minimum absolute atomic E-state index is 0.126. The number of nitrogens with two attached hydrogens (primary N) is 1. The number of carbonyl (C=O) groups excluding carboxylic acids is 2. The lowest BCUT2D eigenvalue weighted by Gasteiger charge is -2.20.